The first-order valence-electron chi connectivity index (χ1n) is 5.06. The number of halogens is 3. The predicted octanol–water partition coefficient (Wildman–Crippen LogP) is 1.56. The van der Waals surface area contributed by atoms with Crippen molar-refractivity contribution < 1.29 is 27.5 Å². The van der Waals surface area contributed by atoms with Gasteiger partial charge in [-0.05, 0) is 12.8 Å². The van der Waals surface area contributed by atoms with E-state index in [2.05, 4.69) is 10.2 Å². The molecule has 1 N–H and O–H groups in total. The smallest absolute Gasteiger partial charge is 0.362 e. The van der Waals surface area contributed by atoms with Gasteiger partial charge in [0, 0.05) is 0 Å². The van der Waals surface area contributed by atoms with Crippen LogP contribution in [-0.2, 0) is 14.4 Å². The van der Waals surface area contributed by atoms with E-state index in [1.807, 2.05) is 0 Å². The largest absolute Gasteiger partial charge is 0.411 e. The molecule has 0 atom stereocenters. The summed E-state index contributed by atoms with van der Waals surface area (Å²) in [5.74, 6) is -0.698. The normalized spacial score (nSPS) is 17.7. The topological polar surface area (TPSA) is 47.6 Å². The van der Waals surface area contributed by atoms with Crippen molar-refractivity contribution in [3.8, 4) is 0 Å². The number of amides is 1. The van der Waals surface area contributed by atoms with E-state index in [-0.39, 0.29) is 6.10 Å². The highest BCUT2D eigenvalue weighted by atomic mass is 19.4. The molecule has 1 saturated carbocycles. The molecule has 0 radical (unpaired) electrons. The number of alkyl halides is 3. The van der Waals surface area contributed by atoms with Crippen LogP contribution in [0.5, 0.6) is 0 Å². The molecule has 1 fully saturated rings. The summed E-state index contributed by atoms with van der Waals surface area (Å²) in [6, 6.07) is 0. The standard InChI is InChI=1S/C9H14F3NO3/c10-9(11,12)6-15-5-8(14)13-16-7-3-1-2-4-7/h7H,1-6H2,(H,13,14). The minimum Gasteiger partial charge on any atom is -0.362 e. The molecule has 0 aromatic carbocycles. The first-order valence-corrected chi connectivity index (χ1v) is 5.06. The maximum Gasteiger partial charge on any atom is 0.411 e. The average molecular weight is 241 g/mol. The van der Waals surface area contributed by atoms with E-state index >= 15 is 0 Å². The molecule has 1 aliphatic rings. The van der Waals surface area contributed by atoms with Crippen molar-refractivity contribution in [1.29, 1.82) is 0 Å². The number of ether oxygens (including phenoxy) is 1. The number of carbonyl (C=O) groups excluding carboxylic acids is 1. The van der Waals surface area contributed by atoms with Gasteiger partial charge in [-0.2, -0.15) is 13.2 Å². The number of rotatable bonds is 5. The van der Waals surface area contributed by atoms with E-state index in [9.17, 15) is 18.0 Å². The summed E-state index contributed by atoms with van der Waals surface area (Å²) in [5, 5.41) is 0. The van der Waals surface area contributed by atoms with Crippen molar-refractivity contribution in [3.05, 3.63) is 0 Å². The van der Waals surface area contributed by atoms with E-state index in [4.69, 9.17) is 4.84 Å². The molecule has 0 heterocycles. The zero-order valence-corrected chi connectivity index (χ0v) is 8.68. The minimum atomic E-state index is -4.41. The fourth-order valence-electron chi connectivity index (χ4n) is 1.44. The first kappa shape index (κ1) is 13.2. The third-order valence-corrected chi connectivity index (χ3v) is 2.14. The van der Waals surface area contributed by atoms with Crippen LogP contribution in [0, 0.1) is 0 Å². The Balaban J connectivity index is 2.02. The third-order valence-electron chi connectivity index (χ3n) is 2.14. The quantitative estimate of drug-likeness (QED) is 0.743. The lowest BCUT2D eigenvalue weighted by atomic mass is 10.3. The molecule has 0 aromatic heterocycles. The lowest BCUT2D eigenvalue weighted by Gasteiger charge is -2.11. The molecular formula is C9H14F3NO3. The summed E-state index contributed by atoms with van der Waals surface area (Å²) in [4.78, 5) is 15.9. The Hall–Kier alpha value is -0.820. The van der Waals surface area contributed by atoms with Crippen molar-refractivity contribution >= 4 is 5.91 Å². The number of hydrogen-bond acceptors (Lipinski definition) is 3. The lowest BCUT2D eigenvalue weighted by molar-refractivity contribution is -0.178. The van der Waals surface area contributed by atoms with Gasteiger partial charge >= 0.3 is 6.18 Å². The Morgan fingerprint density at radius 1 is 1.31 bits per heavy atom. The summed E-state index contributed by atoms with van der Waals surface area (Å²) in [6.07, 6.45) is -0.609. The summed E-state index contributed by atoms with van der Waals surface area (Å²) in [7, 11) is 0. The van der Waals surface area contributed by atoms with E-state index in [0.717, 1.165) is 25.7 Å². The summed E-state index contributed by atoms with van der Waals surface area (Å²) in [6.45, 7) is -2.07. The summed E-state index contributed by atoms with van der Waals surface area (Å²) < 4.78 is 39.1. The van der Waals surface area contributed by atoms with Crippen molar-refractivity contribution in [2.24, 2.45) is 0 Å². The molecule has 1 aliphatic carbocycles. The van der Waals surface area contributed by atoms with E-state index < -0.39 is 25.3 Å². The van der Waals surface area contributed by atoms with Crippen molar-refractivity contribution in [2.75, 3.05) is 13.2 Å². The number of hydrogen-bond donors (Lipinski definition) is 1. The molecule has 0 unspecified atom stereocenters. The van der Waals surface area contributed by atoms with Gasteiger partial charge in [-0.15, -0.1) is 0 Å². The van der Waals surface area contributed by atoms with Gasteiger partial charge in [-0.3, -0.25) is 9.63 Å². The van der Waals surface area contributed by atoms with Gasteiger partial charge < -0.3 is 4.74 Å². The van der Waals surface area contributed by atoms with Gasteiger partial charge in [-0.1, -0.05) is 12.8 Å². The molecule has 1 amide bonds. The van der Waals surface area contributed by atoms with Crippen molar-refractivity contribution in [3.63, 3.8) is 0 Å². The lowest BCUT2D eigenvalue weighted by Crippen LogP contribution is -2.32. The SMILES string of the molecule is O=C(COCC(F)(F)F)NOC1CCCC1. The van der Waals surface area contributed by atoms with Crippen LogP contribution in [0.15, 0.2) is 0 Å². The van der Waals surface area contributed by atoms with Crippen LogP contribution < -0.4 is 5.48 Å². The Morgan fingerprint density at radius 2 is 1.94 bits per heavy atom. The minimum absolute atomic E-state index is 0.0217. The zero-order chi connectivity index (χ0) is 12.0. The molecule has 0 saturated heterocycles. The van der Waals surface area contributed by atoms with Crippen LogP contribution in [0.25, 0.3) is 0 Å². The average Bonchev–Trinajstić information content (AvgIpc) is 2.65. The first-order chi connectivity index (χ1) is 7.47. The number of hydroxylamine groups is 1. The molecule has 94 valence electrons. The summed E-state index contributed by atoms with van der Waals surface area (Å²) in [5.41, 5.74) is 2.08. The maximum absolute atomic E-state index is 11.6. The summed E-state index contributed by atoms with van der Waals surface area (Å²) >= 11 is 0. The second-order valence-corrected chi connectivity index (χ2v) is 3.66. The van der Waals surface area contributed by atoms with E-state index in [1.54, 1.807) is 0 Å². The fourth-order valence-corrected chi connectivity index (χ4v) is 1.44. The van der Waals surface area contributed by atoms with Gasteiger partial charge in [0.2, 0.25) is 0 Å². The van der Waals surface area contributed by atoms with Crippen molar-refractivity contribution in [2.45, 2.75) is 38.0 Å². The molecule has 0 spiro atoms. The molecule has 0 aliphatic heterocycles. The van der Waals surface area contributed by atoms with Crippen LogP contribution in [-0.4, -0.2) is 31.4 Å². The maximum atomic E-state index is 11.6. The van der Waals surface area contributed by atoms with Gasteiger partial charge in [0.15, 0.2) is 0 Å². The molecule has 4 nitrogen and oxygen atoms in total. The van der Waals surface area contributed by atoms with E-state index in [1.165, 1.54) is 0 Å². The highest BCUT2D eigenvalue weighted by Crippen LogP contribution is 2.19. The number of carbonyl (C=O) groups is 1. The molecule has 0 aromatic rings. The van der Waals surface area contributed by atoms with Crippen LogP contribution in [0.4, 0.5) is 13.2 Å². The third kappa shape index (κ3) is 5.92. The Labute approximate surface area is 91.0 Å². The zero-order valence-electron chi connectivity index (χ0n) is 8.68. The van der Waals surface area contributed by atoms with Gasteiger partial charge in [0.1, 0.15) is 13.2 Å². The molecular weight excluding hydrogens is 227 g/mol. The highest BCUT2D eigenvalue weighted by Gasteiger charge is 2.27. The Bertz CT molecular complexity index is 227. The predicted molar refractivity (Wildman–Crippen MR) is 48.4 cm³/mol. The highest BCUT2D eigenvalue weighted by molar-refractivity contribution is 5.76. The van der Waals surface area contributed by atoms with E-state index in [0.29, 0.717) is 0 Å². The fraction of sp³-hybridized carbons (Fsp3) is 0.889. The van der Waals surface area contributed by atoms with Gasteiger partial charge in [0.25, 0.3) is 5.91 Å². The molecule has 1 rings (SSSR count). The second kappa shape index (κ2) is 6.05. The molecule has 7 heteroatoms. The van der Waals surface area contributed by atoms with Crippen LogP contribution in [0.1, 0.15) is 25.7 Å². The van der Waals surface area contributed by atoms with Crippen LogP contribution >= 0.6 is 0 Å². The molecule has 0 bridgehead atoms. The second-order valence-electron chi connectivity index (χ2n) is 3.66. The number of nitrogens with one attached hydrogen (secondary N) is 1. The van der Waals surface area contributed by atoms with Crippen LogP contribution in [0.2, 0.25) is 0 Å². The van der Waals surface area contributed by atoms with Gasteiger partial charge in [-0.25, -0.2) is 5.48 Å². The monoisotopic (exact) mass is 241 g/mol. The van der Waals surface area contributed by atoms with Crippen LogP contribution in [0.3, 0.4) is 0 Å². The van der Waals surface area contributed by atoms with Gasteiger partial charge in [0.05, 0.1) is 6.10 Å². The van der Waals surface area contributed by atoms with Crippen molar-refractivity contribution in [1.82, 2.24) is 5.48 Å². The Morgan fingerprint density at radius 3 is 2.50 bits per heavy atom. The Kier molecular flexibility index (Phi) is 5.01. The molecule has 16 heavy (non-hydrogen) atoms.